The highest BCUT2D eigenvalue weighted by molar-refractivity contribution is 9.10. The molecule has 0 aliphatic heterocycles. The zero-order valence-corrected chi connectivity index (χ0v) is 20.3. The number of carbonyl (C=O) groups excluding carboxylic acids is 2. The van der Waals surface area contributed by atoms with Gasteiger partial charge in [0.15, 0.2) is 17.6 Å². The van der Waals surface area contributed by atoms with Gasteiger partial charge in [-0.25, -0.2) is 19.2 Å². The summed E-state index contributed by atoms with van der Waals surface area (Å²) in [5.74, 6) is -1.04. The van der Waals surface area contributed by atoms with Crippen LogP contribution in [0.2, 0.25) is 0 Å². The predicted molar refractivity (Wildman–Crippen MR) is 133 cm³/mol. The summed E-state index contributed by atoms with van der Waals surface area (Å²) in [5.41, 5.74) is 2.01. The van der Waals surface area contributed by atoms with E-state index in [-0.39, 0.29) is 11.3 Å². The molecule has 0 spiro atoms. The number of benzene rings is 2. The molecule has 36 heavy (non-hydrogen) atoms. The predicted octanol–water partition coefficient (Wildman–Crippen LogP) is 6.24. The van der Waals surface area contributed by atoms with Crippen molar-refractivity contribution in [1.82, 2.24) is 9.97 Å². The van der Waals surface area contributed by atoms with E-state index in [0.717, 1.165) is 0 Å². The number of hydrogen-bond acceptors (Lipinski definition) is 7. The first-order valence-corrected chi connectivity index (χ1v) is 11.5. The number of esters is 1. The molecule has 0 aliphatic rings. The minimum absolute atomic E-state index is 0.0232. The zero-order valence-electron chi connectivity index (χ0n) is 18.7. The van der Waals surface area contributed by atoms with Gasteiger partial charge >= 0.3 is 5.97 Å². The average molecular weight is 550 g/mol. The average Bonchev–Trinajstić information content (AvgIpc) is 3.59. The second-order valence-electron chi connectivity index (χ2n) is 7.74. The monoisotopic (exact) mass is 549 g/mol. The number of halogens is 2. The van der Waals surface area contributed by atoms with Gasteiger partial charge in [0.2, 0.25) is 0 Å². The number of carbonyl (C=O) groups is 2. The van der Waals surface area contributed by atoms with Gasteiger partial charge in [0, 0.05) is 4.47 Å². The van der Waals surface area contributed by atoms with Crippen LogP contribution in [-0.4, -0.2) is 27.9 Å². The van der Waals surface area contributed by atoms with Crippen LogP contribution in [0.5, 0.6) is 0 Å². The minimum atomic E-state index is -1.18. The Kier molecular flexibility index (Phi) is 6.34. The van der Waals surface area contributed by atoms with Crippen molar-refractivity contribution in [2.45, 2.75) is 13.0 Å². The van der Waals surface area contributed by atoms with Crippen molar-refractivity contribution in [2.75, 3.05) is 5.32 Å². The molecular formula is C26H17BrFN3O5. The number of rotatable bonds is 6. The third-order valence-electron chi connectivity index (χ3n) is 5.25. The third-order valence-corrected chi connectivity index (χ3v) is 5.74. The smallest absolute Gasteiger partial charge is 0.338 e. The first-order valence-electron chi connectivity index (χ1n) is 10.8. The lowest BCUT2D eigenvalue weighted by Crippen LogP contribution is -2.30. The van der Waals surface area contributed by atoms with E-state index in [2.05, 4.69) is 31.2 Å². The molecule has 0 fully saturated rings. The van der Waals surface area contributed by atoms with Crippen molar-refractivity contribution in [3.05, 3.63) is 89.0 Å². The molecule has 8 nitrogen and oxygen atoms in total. The van der Waals surface area contributed by atoms with Crippen molar-refractivity contribution in [3.8, 4) is 22.9 Å². The van der Waals surface area contributed by atoms with Crippen molar-refractivity contribution >= 4 is 44.5 Å². The summed E-state index contributed by atoms with van der Waals surface area (Å²) in [7, 11) is 0. The lowest BCUT2D eigenvalue weighted by molar-refractivity contribution is -0.123. The number of aromatic nitrogens is 2. The Hall–Kier alpha value is -4.31. The summed E-state index contributed by atoms with van der Waals surface area (Å²) in [6.45, 7) is 1.40. The van der Waals surface area contributed by atoms with Crippen molar-refractivity contribution < 1.29 is 27.6 Å². The SMILES string of the molecule is CC(OC(=O)c1ccc2nc(-c3ccco3)c(-c3ccco3)nc2c1)C(=O)Nc1ccc(Br)cc1F. The van der Waals surface area contributed by atoms with Crippen LogP contribution in [-0.2, 0) is 9.53 Å². The maximum absolute atomic E-state index is 14.0. The Labute approximate surface area is 212 Å². The summed E-state index contributed by atoms with van der Waals surface area (Å²) in [4.78, 5) is 34.5. The van der Waals surface area contributed by atoms with E-state index >= 15 is 0 Å². The molecule has 5 aromatic rings. The number of fused-ring (bicyclic) bond motifs is 1. The van der Waals surface area contributed by atoms with Gasteiger partial charge in [0.1, 0.15) is 17.2 Å². The van der Waals surface area contributed by atoms with E-state index in [1.807, 2.05) is 0 Å². The topological polar surface area (TPSA) is 107 Å². The number of furan rings is 2. The molecule has 0 radical (unpaired) electrons. The largest absolute Gasteiger partial charge is 0.463 e. The van der Waals surface area contributed by atoms with Gasteiger partial charge in [-0.05, 0) is 67.6 Å². The van der Waals surface area contributed by atoms with Gasteiger partial charge in [-0.1, -0.05) is 15.9 Å². The van der Waals surface area contributed by atoms with Gasteiger partial charge in [0.25, 0.3) is 5.91 Å². The van der Waals surface area contributed by atoms with Crippen LogP contribution in [0, 0.1) is 5.82 Å². The van der Waals surface area contributed by atoms with Crippen molar-refractivity contribution in [2.24, 2.45) is 0 Å². The standard InChI is InChI=1S/C26H17BrFN3O5/c1-14(25(32)31-18-9-7-16(27)13-17(18)28)36-26(33)15-6-8-19-20(12-15)30-24(22-5-3-11-35-22)23(29-19)21-4-2-10-34-21/h2-14H,1H3,(H,31,32). The van der Waals surface area contributed by atoms with E-state index in [0.29, 0.717) is 38.4 Å². The summed E-state index contributed by atoms with van der Waals surface area (Å²) >= 11 is 3.16. The maximum Gasteiger partial charge on any atom is 0.338 e. The van der Waals surface area contributed by atoms with E-state index in [1.54, 1.807) is 36.4 Å². The molecular weight excluding hydrogens is 533 g/mol. The Morgan fingerprint density at radius 2 is 1.61 bits per heavy atom. The molecule has 3 heterocycles. The molecule has 0 bridgehead atoms. The van der Waals surface area contributed by atoms with E-state index in [9.17, 15) is 14.0 Å². The molecule has 10 heteroatoms. The highest BCUT2D eigenvalue weighted by Crippen LogP contribution is 2.31. The molecule has 0 saturated heterocycles. The summed E-state index contributed by atoms with van der Waals surface area (Å²) in [6.07, 6.45) is 1.88. The van der Waals surface area contributed by atoms with E-state index in [4.69, 9.17) is 13.6 Å². The molecule has 180 valence electrons. The van der Waals surface area contributed by atoms with E-state index < -0.39 is 23.8 Å². The number of nitrogens with zero attached hydrogens (tertiary/aromatic N) is 2. The molecule has 1 amide bonds. The van der Waals surface area contributed by atoms with Crippen LogP contribution in [0.3, 0.4) is 0 Å². The summed E-state index contributed by atoms with van der Waals surface area (Å²) in [6, 6.07) is 15.9. The van der Waals surface area contributed by atoms with Crippen LogP contribution < -0.4 is 5.32 Å². The summed E-state index contributed by atoms with van der Waals surface area (Å²) in [5, 5.41) is 2.41. The van der Waals surface area contributed by atoms with Gasteiger partial charge in [-0.15, -0.1) is 0 Å². The normalized spacial score (nSPS) is 11.9. The lowest BCUT2D eigenvalue weighted by Gasteiger charge is -2.14. The Bertz CT molecular complexity index is 1570. The quantitative estimate of drug-likeness (QED) is 0.250. The van der Waals surface area contributed by atoms with Gasteiger partial charge < -0.3 is 18.9 Å². The van der Waals surface area contributed by atoms with Crippen LogP contribution in [0.1, 0.15) is 17.3 Å². The Balaban J connectivity index is 1.39. The lowest BCUT2D eigenvalue weighted by atomic mass is 10.1. The van der Waals surface area contributed by atoms with Crippen molar-refractivity contribution in [3.63, 3.8) is 0 Å². The first kappa shape index (κ1) is 23.4. The van der Waals surface area contributed by atoms with Gasteiger partial charge in [0.05, 0.1) is 34.8 Å². The van der Waals surface area contributed by atoms with Crippen LogP contribution in [0.15, 0.2) is 86.5 Å². The van der Waals surface area contributed by atoms with Gasteiger partial charge in [-0.2, -0.15) is 0 Å². The fourth-order valence-corrected chi connectivity index (χ4v) is 3.79. The molecule has 0 aliphatic carbocycles. The number of anilines is 1. The van der Waals surface area contributed by atoms with Crippen LogP contribution >= 0.6 is 15.9 Å². The zero-order chi connectivity index (χ0) is 25.2. The van der Waals surface area contributed by atoms with Crippen LogP contribution in [0.4, 0.5) is 10.1 Å². The molecule has 2 aromatic carbocycles. The summed E-state index contributed by atoms with van der Waals surface area (Å²) < 4.78 is 30.9. The van der Waals surface area contributed by atoms with Crippen molar-refractivity contribution in [1.29, 1.82) is 0 Å². The molecule has 3 aromatic heterocycles. The Morgan fingerprint density at radius 1 is 0.944 bits per heavy atom. The first-order chi connectivity index (χ1) is 17.4. The fourth-order valence-electron chi connectivity index (χ4n) is 3.46. The molecule has 1 unspecified atom stereocenters. The highest BCUT2D eigenvalue weighted by Gasteiger charge is 2.22. The second-order valence-corrected chi connectivity index (χ2v) is 8.66. The minimum Gasteiger partial charge on any atom is -0.463 e. The maximum atomic E-state index is 14.0. The Morgan fingerprint density at radius 3 is 2.22 bits per heavy atom. The molecule has 1 atom stereocenters. The second kappa shape index (κ2) is 9.74. The number of hydrogen-bond donors (Lipinski definition) is 1. The fraction of sp³-hybridized carbons (Fsp3) is 0.0769. The van der Waals surface area contributed by atoms with E-state index in [1.165, 1.54) is 43.7 Å². The number of ether oxygens (including phenoxy) is 1. The number of nitrogens with one attached hydrogen (secondary N) is 1. The van der Waals surface area contributed by atoms with Gasteiger partial charge in [-0.3, -0.25) is 4.79 Å². The highest BCUT2D eigenvalue weighted by atomic mass is 79.9. The molecule has 0 saturated carbocycles. The van der Waals surface area contributed by atoms with Crippen LogP contribution in [0.25, 0.3) is 33.9 Å². The molecule has 1 N–H and O–H groups in total. The third kappa shape index (κ3) is 4.76. The number of amides is 1. The molecule has 5 rings (SSSR count).